The van der Waals surface area contributed by atoms with Crippen molar-refractivity contribution in [3.05, 3.63) is 17.5 Å². The van der Waals surface area contributed by atoms with Crippen molar-refractivity contribution in [3.63, 3.8) is 0 Å². The third-order valence-electron chi connectivity index (χ3n) is 1.78. The van der Waals surface area contributed by atoms with E-state index in [2.05, 4.69) is 10.5 Å². The summed E-state index contributed by atoms with van der Waals surface area (Å²) in [5.74, 6) is 4.69. The zero-order chi connectivity index (χ0) is 9.14. The van der Waals surface area contributed by atoms with Crippen molar-refractivity contribution in [2.24, 2.45) is 5.84 Å². The van der Waals surface area contributed by atoms with Crippen LogP contribution in [-0.4, -0.2) is 15.7 Å². The number of carbonyl (C=O) groups is 1. The van der Waals surface area contributed by atoms with Crippen molar-refractivity contribution in [2.45, 2.75) is 20.4 Å². The number of rotatable bonds is 2. The second-order valence-electron chi connectivity index (χ2n) is 2.43. The Labute approximate surface area is 70.5 Å². The van der Waals surface area contributed by atoms with Gasteiger partial charge in [-0.25, -0.2) is 5.84 Å². The van der Waals surface area contributed by atoms with E-state index in [1.165, 1.54) is 6.20 Å². The Bertz CT molecular complexity index is 292. The smallest absolute Gasteiger partial charge is 0.268 e. The molecule has 0 aliphatic rings. The van der Waals surface area contributed by atoms with Crippen molar-refractivity contribution in [2.75, 3.05) is 0 Å². The monoisotopic (exact) mass is 168 g/mol. The van der Waals surface area contributed by atoms with E-state index < -0.39 is 0 Å². The predicted octanol–water partition coefficient (Wildman–Crippen LogP) is -0.185. The van der Waals surface area contributed by atoms with Crippen molar-refractivity contribution < 1.29 is 4.79 Å². The highest BCUT2D eigenvalue weighted by molar-refractivity contribution is 5.94. The van der Waals surface area contributed by atoms with E-state index in [4.69, 9.17) is 5.84 Å². The molecule has 66 valence electrons. The first kappa shape index (κ1) is 8.73. The van der Waals surface area contributed by atoms with E-state index in [0.29, 0.717) is 5.56 Å². The fourth-order valence-electron chi connectivity index (χ4n) is 1.07. The highest BCUT2D eigenvalue weighted by Gasteiger charge is 2.11. The van der Waals surface area contributed by atoms with E-state index in [9.17, 15) is 4.79 Å². The summed E-state index contributed by atoms with van der Waals surface area (Å²) in [5.41, 5.74) is 3.43. The number of nitrogens with one attached hydrogen (secondary N) is 1. The summed E-state index contributed by atoms with van der Waals surface area (Å²) in [6.07, 6.45) is 1.51. The molecule has 0 aliphatic carbocycles. The summed E-state index contributed by atoms with van der Waals surface area (Å²) in [5, 5.41) is 4.00. The lowest BCUT2D eigenvalue weighted by Crippen LogP contribution is -2.30. The number of nitrogens with zero attached hydrogens (tertiary/aromatic N) is 2. The Morgan fingerprint density at radius 1 is 1.83 bits per heavy atom. The minimum atomic E-state index is -0.299. The van der Waals surface area contributed by atoms with E-state index in [1.807, 2.05) is 13.8 Å². The van der Waals surface area contributed by atoms with Gasteiger partial charge in [0.05, 0.1) is 11.8 Å². The Morgan fingerprint density at radius 3 is 2.92 bits per heavy atom. The van der Waals surface area contributed by atoms with Gasteiger partial charge in [0.25, 0.3) is 5.91 Å². The van der Waals surface area contributed by atoms with E-state index in [0.717, 1.165) is 12.2 Å². The average Bonchev–Trinajstić information content (AvgIpc) is 2.45. The van der Waals surface area contributed by atoms with Crippen LogP contribution in [0.15, 0.2) is 6.20 Å². The molecule has 0 saturated heterocycles. The molecule has 1 aromatic heterocycles. The number of aryl methyl sites for hydroxylation is 1. The van der Waals surface area contributed by atoms with Gasteiger partial charge in [0.1, 0.15) is 0 Å². The molecule has 0 bridgehead atoms. The highest BCUT2D eigenvalue weighted by Crippen LogP contribution is 2.05. The molecule has 5 nitrogen and oxygen atoms in total. The summed E-state index contributed by atoms with van der Waals surface area (Å²) >= 11 is 0. The Hall–Kier alpha value is -1.36. The van der Waals surface area contributed by atoms with Crippen LogP contribution >= 0.6 is 0 Å². The van der Waals surface area contributed by atoms with Crippen LogP contribution in [0.4, 0.5) is 0 Å². The molecule has 1 rings (SSSR count). The lowest BCUT2D eigenvalue weighted by atomic mass is 10.2. The number of hydrazine groups is 1. The van der Waals surface area contributed by atoms with Crippen molar-refractivity contribution in [1.29, 1.82) is 0 Å². The van der Waals surface area contributed by atoms with Gasteiger partial charge in [0, 0.05) is 12.2 Å². The Balaban J connectivity index is 3.02. The third kappa shape index (κ3) is 1.31. The quantitative estimate of drug-likeness (QED) is 0.365. The molecular formula is C7H12N4O. The second kappa shape index (κ2) is 3.36. The van der Waals surface area contributed by atoms with Gasteiger partial charge in [0.15, 0.2) is 0 Å². The van der Waals surface area contributed by atoms with Crippen LogP contribution < -0.4 is 11.3 Å². The molecule has 1 aromatic rings. The Kier molecular flexibility index (Phi) is 2.44. The molecule has 0 aliphatic heterocycles. The zero-order valence-corrected chi connectivity index (χ0v) is 7.16. The standard InChI is InChI=1S/C7H12N4O/c1-3-11-5(2)6(4-9-11)7(12)10-8/h4H,3,8H2,1-2H3,(H,10,12). The molecule has 0 fully saturated rings. The van der Waals surface area contributed by atoms with Crippen LogP contribution in [0.2, 0.25) is 0 Å². The molecule has 0 aromatic carbocycles. The molecule has 5 heteroatoms. The minimum Gasteiger partial charge on any atom is -0.290 e. The van der Waals surface area contributed by atoms with Crippen LogP contribution in [-0.2, 0) is 6.54 Å². The molecule has 0 radical (unpaired) electrons. The number of hydrogen-bond donors (Lipinski definition) is 2. The summed E-state index contributed by atoms with van der Waals surface area (Å²) in [7, 11) is 0. The Morgan fingerprint density at radius 2 is 2.50 bits per heavy atom. The van der Waals surface area contributed by atoms with Gasteiger partial charge in [-0.2, -0.15) is 5.10 Å². The van der Waals surface area contributed by atoms with Gasteiger partial charge in [-0.15, -0.1) is 0 Å². The van der Waals surface area contributed by atoms with Gasteiger partial charge in [-0.1, -0.05) is 0 Å². The van der Waals surface area contributed by atoms with E-state index >= 15 is 0 Å². The fraction of sp³-hybridized carbons (Fsp3) is 0.429. The summed E-state index contributed by atoms with van der Waals surface area (Å²) < 4.78 is 1.74. The average molecular weight is 168 g/mol. The largest absolute Gasteiger partial charge is 0.290 e. The predicted molar refractivity (Wildman–Crippen MR) is 44.3 cm³/mol. The second-order valence-corrected chi connectivity index (χ2v) is 2.43. The topological polar surface area (TPSA) is 72.9 Å². The maximum absolute atomic E-state index is 11.1. The summed E-state index contributed by atoms with van der Waals surface area (Å²) in [6, 6.07) is 0. The zero-order valence-electron chi connectivity index (χ0n) is 7.16. The number of hydrogen-bond acceptors (Lipinski definition) is 3. The van der Waals surface area contributed by atoms with Gasteiger partial charge >= 0.3 is 0 Å². The van der Waals surface area contributed by atoms with Crippen LogP contribution in [0.5, 0.6) is 0 Å². The minimum absolute atomic E-state index is 0.299. The number of nitrogen functional groups attached to an aromatic ring is 1. The first-order valence-corrected chi connectivity index (χ1v) is 3.74. The molecule has 1 heterocycles. The number of nitrogens with two attached hydrogens (primary N) is 1. The maximum Gasteiger partial charge on any atom is 0.268 e. The van der Waals surface area contributed by atoms with Gasteiger partial charge in [-0.05, 0) is 13.8 Å². The molecule has 0 spiro atoms. The van der Waals surface area contributed by atoms with Crippen LogP contribution in [0.25, 0.3) is 0 Å². The first-order chi connectivity index (χ1) is 5.70. The van der Waals surface area contributed by atoms with Gasteiger partial charge in [-0.3, -0.25) is 14.9 Å². The molecule has 0 atom stereocenters. The SMILES string of the molecule is CCn1ncc(C(=O)NN)c1C. The number of aromatic nitrogens is 2. The molecular weight excluding hydrogens is 156 g/mol. The van der Waals surface area contributed by atoms with Crippen LogP contribution in [0.1, 0.15) is 23.0 Å². The first-order valence-electron chi connectivity index (χ1n) is 3.74. The lowest BCUT2D eigenvalue weighted by Gasteiger charge is -2.00. The molecule has 3 N–H and O–H groups in total. The van der Waals surface area contributed by atoms with E-state index in [1.54, 1.807) is 4.68 Å². The summed E-state index contributed by atoms with van der Waals surface area (Å²) in [6.45, 7) is 4.55. The van der Waals surface area contributed by atoms with E-state index in [-0.39, 0.29) is 5.91 Å². The van der Waals surface area contributed by atoms with Crippen molar-refractivity contribution in [3.8, 4) is 0 Å². The maximum atomic E-state index is 11.1. The molecule has 1 amide bonds. The lowest BCUT2D eigenvalue weighted by molar-refractivity contribution is 0.0953. The highest BCUT2D eigenvalue weighted by atomic mass is 16.2. The number of amides is 1. The summed E-state index contributed by atoms with van der Waals surface area (Å²) in [4.78, 5) is 11.1. The van der Waals surface area contributed by atoms with Crippen LogP contribution in [0, 0.1) is 6.92 Å². The number of carbonyl (C=O) groups excluding carboxylic acids is 1. The molecule has 12 heavy (non-hydrogen) atoms. The molecule has 0 saturated carbocycles. The van der Waals surface area contributed by atoms with Crippen molar-refractivity contribution in [1.82, 2.24) is 15.2 Å². The van der Waals surface area contributed by atoms with Gasteiger partial charge < -0.3 is 0 Å². The fourth-order valence-corrected chi connectivity index (χ4v) is 1.07. The van der Waals surface area contributed by atoms with Crippen molar-refractivity contribution >= 4 is 5.91 Å². The normalized spacial score (nSPS) is 9.92. The van der Waals surface area contributed by atoms with Crippen LogP contribution in [0.3, 0.4) is 0 Å². The van der Waals surface area contributed by atoms with Gasteiger partial charge in [0.2, 0.25) is 0 Å². The third-order valence-corrected chi connectivity index (χ3v) is 1.78. The molecule has 0 unspecified atom stereocenters.